The molecule has 0 bridgehead atoms. The van der Waals surface area contributed by atoms with Crippen LogP contribution >= 0.6 is 0 Å². The molecule has 106 valence electrons. The normalized spacial score (nSPS) is 27.8. The highest BCUT2D eigenvalue weighted by atomic mass is 16.5. The van der Waals surface area contributed by atoms with E-state index in [0.717, 1.165) is 24.8 Å². The number of carbonyl (C=O) groups is 2. The van der Waals surface area contributed by atoms with E-state index in [1.807, 2.05) is 30.3 Å². The molecule has 2 amide bonds. The van der Waals surface area contributed by atoms with E-state index in [9.17, 15) is 9.59 Å². The van der Waals surface area contributed by atoms with Crippen molar-refractivity contribution < 1.29 is 14.3 Å². The average molecular weight is 274 g/mol. The number of amides is 2. The first kappa shape index (κ1) is 13.0. The fourth-order valence-corrected chi connectivity index (χ4v) is 3.10. The number of nitrogens with one attached hydrogen (secondary N) is 2. The predicted molar refractivity (Wildman–Crippen MR) is 72.8 cm³/mol. The van der Waals surface area contributed by atoms with Crippen LogP contribution in [0.5, 0.6) is 0 Å². The van der Waals surface area contributed by atoms with Crippen molar-refractivity contribution >= 4 is 12.0 Å². The van der Waals surface area contributed by atoms with Crippen LogP contribution in [-0.2, 0) is 16.1 Å². The first-order chi connectivity index (χ1) is 9.74. The summed E-state index contributed by atoms with van der Waals surface area (Å²) in [6.45, 7) is 0.217. The van der Waals surface area contributed by atoms with Crippen LogP contribution < -0.4 is 10.6 Å². The Morgan fingerprint density at radius 3 is 2.90 bits per heavy atom. The number of alkyl carbamates (subject to hydrolysis) is 1. The molecule has 5 nitrogen and oxygen atoms in total. The Labute approximate surface area is 117 Å². The highest BCUT2D eigenvalue weighted by Crippen LogP contribution is 2.32. The molecule has 0 unspecified atom stereocenters. The van der Waals surface area contributed by atoms with Gasteiger partial charge in [-0.3, -0.25) is 4.79 Å². The molecule has 2 fully saturated rings. The molecule has 20 heavy (non-hydrogen) atoms. The first-order valence-corrected chi connectivity index (χ1v) is 7.01. The van der Waals surface area contributed by atoms with Crippen molar-refractivity contribution in [3.8, 4) is 0 Å². The fourth-order valence-electron chi connectivity index (χ4n) is 3.10. The van der Waals surface area contributed by atoms with E-state index in [1.165, 1.54) is 0 Å². The van der Waals surface area contributed by atoms with Gasteiger partial charge < -0.3 is 15.4 Å². The number of hydrogen-bond acceptors (Lipinski definition) is 3. The molecule has 1 aliphatic heterocycles. The SMILES string of the molecule is O=C(N[C@@H]1C(=O)N[C@@H]2CCC[C@@H]12)OCc1ccccc1. The first-order valence-electron chi connectivity index (χ1n) is 7.01. The molecule has 1 heterocycles. The number of fused-ring (bicyclic) bond motifs is 1. The Bertz CT molecular complexity index is 503. The van der Waals surface area contributed by atoms with Gasteiger partial charge in [-0.2, -0.15) is 0 Å². The number of rotatable bonds is 3. The lowest BCUT2D eigenvalue weighted by atomic mass is 9.99. The monoisotopic (exact) mass is 274 g/mol. The zero-order valence-electron chi connectivity index (χ0n) is 11.2. The lowest BCUT2D eigenvalue weighted by molar-refractivity contribution is -0.121. The van der Waals surface area contributed by atoms with Gasteiger partial charge in [0.1, 0.15) is 12.6 Å². The lowest BCUT2D eigenvalue weighted by Gasteiger charge is -2.16. The van der Waals surface area contributed by atoms with Crippen LogP contribution in [-0.4, -0.2) is 24.1 Å². The largest absolute Gasteiger partial charge is 0.445 e. The Kier molecular flexibility index (Phi) is 3.58. The van der Waals surface area contributed by atoms with Crippen molar-refractivity contribution in [3.05, 3.63) is 35.9 Å². The van der Waals surface area contributed by atoms with Crippen molar-refractivity contribution in [1.82, 2.24) is 10.6 Å². The zero-order chi connectivity index (χ0) is 13.9. The molecule has 3 atom stereocenters. The average Bonchev–Trinajstić information content (AvgIpc) is 3.01. The van der Waals surface area contributed by atoms with Crippen LogP contribution in [0.3, 0.4) is 0 Å². The fraction of sp³-hybridized carbons (Fsp3) is 0.467. The van der Waals surface area contributed by atoms with Crippen molar-refractivity contribution in [2.45, 2.75) is 38.0 Å². The molecule has 1 aromatic rings. The maximum atomic E-state index is 11.8. The molecular weight excluding hydrogens is 256 g/mol. The Morgan fingerprint density at radius 2 is 2.10 bits per heavy atom. The molecular formula is C15H18N2O3. The summed E-state index contributed by atoms with van der Waals surface area (Å²) in [6.07, 6.45) is 2.56. The number of ether oxygens (including phenoxy) is 1. The Hall–Kier alpha value is -2.04. The van der Waals surface area contributed by atoms with Gasteiger partial charge in [0.15, 0.2) is 0 Å². The van der Waals surface area contributed by atoms with Gasteiger partial charge in [-0.1, -0.05) is 36.8 Å². The van der Waals surface area contributed by atoms with Crippen LogP contribution in [0.2, 0.25) is 0 Å². The van der Waals surface area contributed by atoms with E-state index >= 15 is 0 Å². The summed E-state index contributed by atoms with van der Waals surface area (Å²) in [5.41, 5.74) is 0.928. The highest BCUT2D eigenvalue weighted by Gasteiger charge is 2.45. The summed E-state index contributed by atoms with van der Waals surface area (Å²) in [4.78, 5) is 23.6. The third-order valence-corrected chi connectivity index (χ3v) is 4.09. The van der Waals surface area contributed by atoms with Crippen LogP contribution in [0.25, 0.3) is 0 Å². The number of hydrogen-bond donors (Lipinski definition) is 2. The molecule has 0 radical (unpaired) electrons. The Balaban J connectivity index is 1.52. The van der Waals surface area contributed by atoms with Gasteiger partial charge in [0, 0.05) is 12.0 Å². The van der Waals surface area contributed by atoms with Crippen LogP contribution in [0.4, 0.5) is 4.79 Å². The van der Waals surface area contributed by atoms with E-state index in [0.29, 0.717) is 0 Å². The zero-order valence-corrected chi connectivity index (χ0v) is 11.2. The second-order valence-electron chi connectivity index (χ2n) is 5.39. The topological polar surface area (TPSA) is 67.4 Å². The third-order valence-electron chi connectivity index (χ3n) is 4.09. The smallest absolute Gasteiger partial charge is 0.408 e. The van der Waals surface area contributed by atoms with Crippen LogP contribution in [0.15, 0.2) is 30.3 Å². The summed E-state index contributed by atoms with van der Waals surface area (Å²) >= 11 is 0. The summed E-state index contributed by atoms with van der Waals surface area (Å²) in [5.74, 6) is 0.128. The van der Waals surface area contributed by atoms with E-state index in [4.69, 9.17) is 4.74 Å². The maximum Gasteiger partial charge on any atom is 0.408 e. The molecule has 2 aliphatic rings. The molecule has 0 aromatic heterocycles. The van der Waals surface area contributed by atoms with Crippen molar-refractivity contribution in [2.75, 3.05) is 0 Å². The van der Waals surface area contributed by atoms with Gasteiger partial charge >= 0.3 is 6.09 Å². The molecule has 1 saturated heterocycles. The second kappa shape index (κ2) is 5.53. The Morgan fingerprint density at radius 1 is 1.30 bits per heavy atom. The van der Waals surface area contributed by atoms with E-state index < -0.39 is 12.1 Å². The van der Waals surface area contributed by atoms with Gasteiger partial charge in [-0.25, -0.2) is 4.79 Å². The van der Waals surface area contributed by atoms with Gasteiger partial charge in [0.05, 0.1) is 0 Å². The minimum Gasteiger partial charge on any atom is -0.445 e. The quantitative estimate of drug-likeness (QED) is 0.879. The van der Waals surface area contributed by atoms with E-state index in [-0.39, 0.29) is 24.5 Å². The summed E-state index contributed by atoms with van der Waals surface area (Å²) in [6, 6.07) is 9.26. The van der Waals surface area contributed by atoms with Gasteiger partial charge in [0.25, 0.3) is 0 Å². The minimum atomic E-state index is -0.526. The third kappa shape index (κ3) is 2.61. The molecule has 1 saturated carbocycles. The van der Waals surface area contributed by atoms with Gasteiger partial charge in [-0.15, -0.1) is 0 Å². The van der Waals surface area contributed by atoms with Crippen LogP contribution in [0, 0.1) is 5.92 Å². The lowest BCUT2D eigenvalue weighted by Crippen LogP contribution is -2.43. The molecule has 3 rings (SSSR count). The number of benzene rings is 1. The van der Waals surface area contributed by atoms with Crippen molar-refractivity contribution in [1.29, 1.82) is 0 Å². The molecule has 5 heteroatoms. The maximum absolute atomic E-state index is 11.8. The molecule has 1 aromatic carbocycles. The number of carbonyl (C=O) groups excluding carboxylic acids is 2. The van der Waals surface area contributed by atoms with Crippen molar-refractivity contribution in [3.63, 3.8) is 0 Å². The standard InChI is InChI=1S/C15H18N2O3/c18-14-13(11-7-4-8-12(11)16-14)17-15(19)20-9-10-5-2-1-3-6-10/h1-3,5-6,11-13H,4,7-9H2,(H,16,18)(H,17,19)/t11-,12-,13+/m1/s1. The molecule has 0 spiro atoms. The minimum absolute atomic E-state index is 0.0867. The highest BCUT2D eigenvalue weighted by molar-refractivity contribution is 5.88. The van der Waals surface area contributed by atoms with E-state index in [1.54, 1.807) is 0 Å². The summed E-state index contributed by atoms with van der Waals surface area (Å²) < 4.78 is 5.16. The molecule has 1 aliphatic carbocycles. The van der Waals surface area contributed by atoms with Gasteiger partial charge in [0.2, 0.25) is 5.91 Å². The van der Waals surface area contributed by atoms with E-state index in [2.05, 4.69) is 10.6 Å². The second-order valence-corrected chi connectivity index (χ2v) is 5.39. The molecule has 2 N–H and O–H groups in total. The van der Waals surface area contributed by atoms with Crippen LogP contribution in [0.1, 0.15) is 24.8 Å². The summed E-state index contributed by atoms with van der Waals surface area (Å²) in [5, 5.41) is 5.63. The van der Waals surface area contributed by atoms with Crippen molar-refractivity contribution in [2.24, 2.45) is 5.92 Å². The predicted octanol–water partition coefficient (Wildman–Crippen LogP) is 1.58. The van der Waals surface area contributed by atoms with Gasteiger partial charge in [-0.05, 0) is 18.4 Å². The summed E-state index contributed by atoms with van der Waals surface area (Å²) in [7, 11) is 0.